The van der Waals surface area contributed by atoms with Crippen LogP contribution >= 0.6 is 0 Å². The van der Waals surface area contributed by atoms with Crippen LogP contribution in [0.15, 0.2) is 48.8 Å². The van der Waals surface area contributed by atoms with E-state index in [0.717, 1.165) is 28.1 Å². The predicted octanol–water partition coefficient (Wildman–Crippen LogP) is 5.21. The number of nitrogens with one attached hydrogen (secondary N) is 1. The minimum absolute atomic E-state index is 0.147. The first-order valence-electron chi connectivity index (χ1n) is 9.09. The van der Waals surface area contributed by atoms with Gasteiger partial charge in [0.05, 0.1) is 4.92 Å². The lowest BCUT2D eigenvalue weighted by Crippen LogP contribution is -2.20. The summed E-state index contributed by atoms with van der Waals surface area (Å²) in [6, 6.07) is 13.6. The van der Waals surface area contributed by atoms with Gasteiger partial charge >= 0.3 is 5.69 Å². The Morgan fingerprint density at radius 3 is 2.54 bits per heavy atom. The number of nitrogens with zero attached hydrogens (tertiary/aromatic N) is 4. The van der Waals surface area contributed by atoms with Crippen LogP contribution in [-0.4, -0.2) is 21.4 Å². The van der Waals surface area contributed by atoms with Gasteiger partial charge in [-0.05, 0) is 62.6 Å². The van der Waals surface area contributed by atoms with Crippen molar-refractivity contribution < 1.29 is 4.92 Å². The van der Waals surface area contributed by atoms with E-state index in [-0.39, 0.29) is 17.3 Å². The van der Waals surface area contributed by atoms with Gasteiger partial charge in [0, 0.05) is 17.9 Å². The van der Waals surface area contributed by atoms with Crippen LogP contribution < -0.4 is 10.2 Å². The lowest BCUT2D eigenvalue weighted by atomic mass is 10.1. The second-order valence-electron chi connectivity index (χ2n) is 6.61. The molecule has 3 aromatic rings. The SMILES string of the molecule is CCN(c1cccc(C)c1)c1ncnc(Nc2cccc(C)c2C)c1[N+](=O)[O-]. The molecule has 0 aliphatic carbocycles. The van der Waals surface area contributed by atoms with E-state index in [0.29, 0.717) is 6.54 Å². The summed E-state index contributed by atoms with van der Waals surface area (Å²) in [5, 5.41) is 15.1. The molecule has 0 spiro atoms. The molecule has 0 atom stereocenters. The zero-order chi connectivity index (χ0) is 20.3. The number of hydrogen-bond acceptors (Lipinski definition) is 6. The predicted molar refractivity (Wildman–Crippen MR) is 112 cm³/mol. The maximum atomic E-state index is 12.0. The Bertz CT molecular complexity index is 1020. The van der Waals surface area contributed by atoms with Crippen LogP contribution in [-0.2, 0) is 0 Å². The molecule has 3 rings (SSSR count). The van der Waals surface area contributed by atoms with Crippen LogP contribution in [0.5, 0.6) is 0 Å². The van der Waals surface area contributed by atoms with Crippen LogP contribution in [0, 0.1) is 30.9 Å². The highest BCUT2D eigenvalue weighted by atomic mass is 16.6. The maximum absolute atomic E-state index is 12.0. The molecule has 0 unspecified atom stereocenters. The van der Waals surface area contributed by atoms with Crippen molar-refractivity contribution in [2.24, 2.45) is 0 Å². The fourth-order valence-corrected chi connectivity index (χ4v) is 3.09. The van der Waals surface area contributed by atoms with Crippen LogP contribution in [0.3, 0.4) is 0 Å². The fraction of sp³-hybridized carbons (Fsp3) is 0.238. The summed E-state index contributed by atoms with van der Waals surface area (Å²) in [4.78, 5) is 21.8. The van der Waals surface area contributed by atoms with Crippen LogP contribution in [0.25, 0.3) is 0 Å². The topological polar surface area (TPSA) is 84.2 Å². The lowest BCUT2D eigenvalue weighted by molar-refractivity contribution is -0.383. The van der Waals surface area contributed by atoms with Crippen molar-refractivity contribution in [1.29, 1.82) is 0 Å². The summed E-state index contributed by atoms with van der Waals surface area (Å²) in [5.74, 6) is 0.440. The molecule has 7 nitrogen and oxygen atoms in total. The van der Waals surface area contributed by atoms with E-state index in [1.807, 2.05) is 75.1 Å². The average Bonchev–Trinajstić information content (AvgIpc) is 2.66. The van der Waals surface area contributed by atoms with Crippen molar-refractivity contribution in [2.45, 2.75) is 27.7 Å². The Hall–Kier alpha value is -3.48. The molecule has 0 aliphatic rings. The van der Waals surface area contributed by atoms with Gasteiger partial charge in [0.1, 0.15) is 6.33 Å². The molecule has 1 aromatic heterocycles. The fourth-order valence-electron chi connectivity index (χ4n) is 3.09. The molecule has 0 saturated heterocycles. The Kier molecular flexibility index (Phi) is 5.54. The highest BCUT2D eigenvalue weighted by Crippen LogP contribution is 2.37. The van der Waals surface area contributed by atoms with E-state index in [1.165, 1.54) is 6.33 Å². The summed E-state index contributed by atoms with van der Waals surface area (Å²) in [6.07, 6.45) is 1.36. The minimum Gasteiger partial charge on any atom is -0.334 e. The van der Waals surface area contributed by atoms with Crippen molar-refractivity contribution in [3.05, 3.63) is 75.6 Å². The van der Waals surface area contributed by atoms with Gasteiger partial charge in [-0.1, -0.05) is 24.3 Å². The van der Waals surface area contributed by atoms with Gasteiger partial charge in [-0.15, -0.1) is 0 Å². The van der Waals surface area contributed by atoms with E-state index in [1.54, 1.807) is 0 Å². The van der Waals surface area contributed by atoms with Crippen LogP contribution in [0.4, 0.5) is 28.7 Å². The summed E-state index contributed by atoms with van der Waals surface area (Å²) in [6.45, 7) is 8.42. The first-order valence-corrected chi connectivity index (χ1v) is 9.09. The third-order valence-electron chi connectivity index (χ3n) is 4.73. The molecule has 1 N–H and O–H groups in total. The van der Waals surface area contributed by atoms with Crippen molar-refractivity contribution in [3.8, 4) is 0 Å². The van der Waals surface area contributed by atoms with E-state index in [2.05, 4.69) is 15.3 Å². The van der Waals surface area contributed by atoms with E-state index in [4.69, 9.17) is 0 Å². The van der Waals surface area contributed by atoms with Gasteiger partial charge in [-0.25, -0.2) is 9.97 Å². The smallest absolute Gasteiger partial charge is 0.334 e. The van der Waals surface area contributed by atoms with Crippen molar-refractivity contribution in [1.82, 2.24) is 9.97 Å². The zero-order valence-corrected chi connectivity index (χ0v) is 16.4. The number of aryl methyl sites for hydroxylation is 2. The summed E-state index contributed by atoms with van der Waals surface area (Å²) in [5.41, 5.74) is 4.67. The van der Waals surface area contributed by atoms with Gasteiger partial charge in [0.25, 0.3) is 0 Å². The maximum Gasteiger partial charge on any atom is 0.354 e. The number of aromatic nitrogens is 2. The standard InChI is InChI=1S/C21H23N5O2/c1-5-25(17-10-6-8-14(2)12-17)21-19(26(27)28)20(22-13-23-21)24-18-11-7-9-15(3)16(18)4/h6-13H,5H2,1-4H3,(H,22,23,24). The summed E-state index contributed by atoms with van der Waals surface area (Å²) >= 11 is 0. The lowest BCUT2D eigenvalue weighted by Gasteiger charge is -2.22. The molecule has 0 amide bonds. The van der Waals surface area contributed by atoms with E-state index >= 15 is 0 Å². The van der Waals surface area contributed by atoms with Gasteiger partial charge in [0.2, 0.25) is 11.6 Å². The molecule has 1 heterocycles. The average molecular weight is 377 g/mol. The van der Waals surface area contributed by atoms with Crippen molar-refractivity contribution in [2.75, 3.05) is 16.8 Å². The van der Waals surface area contributed by atoms with Crippen LogP contribution in [0.1, 0.15) is 23.6 Å². The molecule has 0 aliphatic heterocycles. The molecule has 7 heteroatoms. The van der Waals surface area contributed by atoms with Gasteiger partial charge < -0.3 is 10.2 Å². The molecule has 28 heavy (non-hydrogen) atoms. The Labute approximate surface area is 164 Å². The summed E-state index contributed by atoms with van der Waals surface area (Å²) in [7, 11) is 0. The highest BCUT2D eigenvalue weighted by molar-refractivity contribution is 5.79. The molecule has 144 valence electrons. The number of hydrogen-bond donors (Lipinski definition) is 1. The summed E-state index contributed by atoms with van der Waals surface area (Å²) < 4.78 is 0. The quantitative estimate of drug-likeness (QED) is 0.469. The zero-order valence-electron chi connectivity index (χ0n) is 16.4. The molecule has 2 aromatic carbocycles. The van der Waals surface area contributed by atoms with E-state index in [9.17, 15) is 10.1 Å². The largest absolute Gasteiger partial charge is 0.354 e. The Morgan fingerprint density at radius 1 is 1.11 bits per heavy atom. The number of anilines is 4. The highest BCUT2D eigenvalue weighted by Gasteiger charge is 2.27. The minimum atomic E-state index is -0.429. The second-order valence-corrected chi connectivity index (χ2v) is 6.61. The molecular weight excluding hydrogens is 354 g/mol. The van der Waals surface area contributed by atoms with Gasteiger partial charge in [0.15, 0.2) is 0 Å². The Balaban J connectivity index is 2.11. The third kappa shape index (κ3) is 3.78. The van der Waals surface area contributed by atoms with Crippen LogP contribution in [0.2, 0.25) is 0 Å². The van der Waals surface area contributed by atoms with Gasteiger partial charge in [-0.3, -0.25) is 10.1 Å². The molecule has 0 radical (unpaired) electrons. The number of nitro groups is 1. The molecule has 0 fully saturated rings. The van der Waals surface area contributed by atoms with Crippen molar-refractivity contribution in [3.63, 3.8) is 0 Å². The molecular formula is C21H23N5O2. The monoisotopic (exact) mass is 377 g/mol. The number of rotatable bonds is 6. The van der Waals surface area contributed by atoms with Gasteiger partial charge in [-0.2, -0.15) is 0 Å². The number of benzene rings is 2. The van der Waals surface area contributed by atoms with Crippen molar-refractivity contribution >= 4 is 28.7 Å². The van der Waals surface area contributed by atoms with E-state index < -0.39 is 4.92 Å². The third-order valence-corrected chi connectivity index (χ3v) is 4.73. The molecule has 0 saturated carbocycles. The first-order chi connectivity index (χ1) is 13.4. The molecule has 0 bridgehead atoms. The second kappa shape index (κ2) is 8.04. The first kappa shape index (κ1) is 19.3. The Morgan fingerprint density at radius 2 is 1.86 bits per heavy atom. The normalized spacial score (nSPS) is 10.6.